The van der Waals surface area contributed by atoms with Gasteiger partial charge in [0, 0.05) is 35.8 Å². The van der Waals surface area contributed by atoms with E-state index in [1.807, 2.05) is 18.2 Å². The van der Waals surface area contributed by atoms with Crippen molar-refractivity contribution in [2.24, 2.45) is 11.8 Å². The molecule has 0 N–H and O–H groups in total. The van der Waals surface area contributed by atoms with Crippen LogP contribution in [0.15, 0.2) is 30.3 Å². The highest BCUT2D eigenvalue weighted by Gasteiger charge is 2.45. The highest BCUT2D eigenvalue weighted by molar-refractivity contribution is 5.85. The molecule has 1 aliphatic carbocycles. The number of ether oxygens (including phenoxy) is 1. The third-order valence-corrected chi connectivity index (χ3v) is 5.43. The third kappa shape index (κ3) is 2.67. The number of hydrogen-bond donors (Lipinski definition) is 0. The van der Waals surface area contributed by atoms with E-state index in [1.54, 1.807) is 0 Å². The predicted octanol–water partition coefficient (Wildman–Crippen LogP) is 2.66. The number of aryl methyl sites for hydroxylation is 1. The lowest BCUT2D eigenvalue weighted by Gasteiger charge is -2.22. The molecule has 6 heteroatoms. The zero-order valence-electron chi connectivity index (χ0n) is 13.9. The van der Waals surface area contributed by atoms with Gasteiger partial charge in [-0.05, 0) is 19.3 Å². The van der Waals surface area contributed by atoms with Crippen LogP contribution in [0.3, 0.4) is 0 Å². The quantitative estimate of drug-likeness (QED) is 0.773. The lowest BCUT2D eigenvalue weighted by atomic mass is 10.0. The molecule has 0 bridgehead atoms. The Balaban J connectivity index is 0.00000157. The number of esters is 1. The summed E-state index contributed by atoms with van der Waals surface area (Å²) in [5.41, 5.74) is 3.51. The van der Waals surface area contributed by atoms with Crippen molar-refractivity contribution in [1.82, 2.24) is 9.97 Å². The van der Waals surface area contributed by atoms with Crippen LogP contribution in [0.5, 0.6) is 0 Å². The van der Waals surface area contributed by atoms with Crippen molar-refractivity contribution in [2.75, 3.05) is 24.6 Å². The Labute approximate surface area is 152 Å². The number of rotatable bonds is 2. The molecule has 2 aromatic rings. The van der Waals surface area contributed by atoms with Crippen LogP contribution in [0.1, 0.15) is 17.7 Å². The molecule has 0 radical (unpaired) electrons. The first-order chi connectivity index (χ1) is 11.8. The van der Waals surface area contributed by atoms with Gasteiger partial charge in [-0.15, -0.1) is 12.4 Å². The standard InChI is InChI=1S/C19H19N3O2.ClH/c23-19-15-10-22(9-13(15)11-24-19)18-14-7-4-8-16(14)20-17(21-18)12-5-2-1-3-6-12;/h1-3,5-6,13,15H,4,7-11H2;1H/t13-,15-;/m1./s1. The Kier molecular flexibility index (Phi) is 4.12. The lowest BCUT2D eigenvalue weighted by molar-refractivity contribution is -0.140. The molecule has 2 fully saturated rings. The average Bonchev–Trinajstić information content (AvgIpc) is 3.32. The van der Waals surface area contributed by atoms with Crippen LogP contribution in [0.25, 0.3) is 11.4 Å². The number of anilines is 1. The number of fused-ring (bicyclic) bond motifs is 2. The molecule has 0 amide bonds. The van der Waals surface area contributed by atoms with Gasteiger partial charge in [0.15, 0.2) is 5.82 Å². The van der Waals surface area contributed by atoms with Gasteiger partial charge in [0.25, 0.3) is 0 Å². The SMILES string of the molecule is Cl.O=C1OC[C@H]2CN(c3nc(-c4ccccc4)nc4c3CCC4)C[C@@H]12. The number of nitrogens with zero attached hydrogens (tertiary/aromatic N) is 3. The van der Waals surface area contributed by atoms with E-state index in [2.05, 4.69) is 17.0 Å². The summed E-state index contributed by atoms with van der Waals surface area (Å²) in [5.74, 6) is 2.11. The summed E-state index contributed by atoms with van der Waals surface area (Å²) in [4.78, 5) is 23.9. The van der Waals surface area contributed by atoms with Crippen molar-refractivity contribution in [3.05, 3.63) is 41.6 Å². The maximum atomic E-state index is 11.9. The topological polar surface area (TPSA) is 55.3 Å². The number of halogens is 1. The molecule has 2 saturated heterocycles. The molecule has 1 aromatic heterocycles. The molecular formula is C19H20ClN3O2. The average molecular weight is 358 g/mol. The second-order valence-electron chi connectivity index (χ2n) is 6.92. The van der Waals surface area contributed by atoms with Crippen molar-refractivity contribution in [3.63, 3.8) is 0 Å². The van der Waals surface area contributed by atoms with Gasteiger partial charge in [-0.1, -0.05) is 30.3 Å². The third-order valence-electron chi connectivity index (χ3n) is 5.43. The van der Waals surface area contributed by atoms with Gasteiger partial charge in [-0.25, -0.2) is 9.97 Å². The zero-order chi connectivity index (χ0) is 16.1. The van der Waals surface area contributed by atoms with Gasteiger partial charge in [0.05, 0.1) is 12.5 Å². The number of carbonyl (C=O) groups is 1. The molecule has 0 spiro atoms. The number of aromatic nitrogens is 2. The minimum absolute atomic E-state index is 0. The molecule has 1 aromatic carbocycles. The van der Waals surface area contributed by atoms with Crippen molar-refractivity contribution >= 4 is 24.2 Å². The van der Waals surface area contributed by atoms with Crippen LogP contribution in [0.4, 0.5) is 5.82 Å². The monoisotopic (exact) mass is 357 g/mol. The number of cyclic esters (lactones) is 1. The van der Waals surface area contributed by atoms with Crippen LogP contribution in [-0.4, -0.2) is 35.6 Å². The molecule has 0 saturated carbocycles. The smallest absolute Gasteiger partial charge is 0.311 e. The van der Waals surface area contributed by atoms with E-state index < -0.39 is 0 Å². The highest BCUT2D eigenvalue weighted by atomic mass is 35.5. The molecule has 0 unspecified atom stereocenters. The largest absolute Gasteiger partial charge is 0.465 e. The van der Waals surface area contributed by atoms with E-state index in [4.69, 9.17) is 14.7 Å². The number of carbonyl (C=O) groups excluding carboxylic acids is 1. The number of benzene rings is 1. The molecule has 5 rings (SSSR count). The van der Waals surface area contributed by atoms with E-state index >= 15 is 0 Å². The molecule has 3 aliphatic rings. The summed E-state index contributed by atoms with van der Waals surface area (Å²) in [6, 6.07) is 10.1. The van der Waals surface area contributed by atoms with Crippen LogP contribution in [0.2, 0.25) is 0 Å². The van der Waals surface area contributed by atoms with Crippen molar-refractivity contribution < 1.29 is 9.53 Å². The highest BCUT2D eigenvalue weighted by Crippen LogP contribution is 2.37. The molecule has 25 heavy (non-hydrogen) atoms. The van der Waals surface area contributed by atoms with E-state index in [-0.39, 0.29) is 24.3 Å². The van der Waals surface area contributed by atoms with Gasteiger partial charge in [-0.2, -0.15) is 0 Å². The van der Waals surface area contributed by atoms with Crippen LogP contribution in [0, 0.1) is 11.8 Å². The van der Waals surface area contributed by atoms with E-state index in [0.29, 0.717) is 12.5 Å². The van der Waals surface area contributed by atoms with Crippen LogP contribution < -0.4 is 4.90 Å². The van der Waals surface area contributed by atoms with E-state index in [0.717, 1.165) is 49.6 Å². The fourth-order valence-corrected chi connectivity index (χ4v) is 4.17. The summed E-state index contributed by atoms with van der Waals surface area (Å²) >= 11 is 0. The first kappa shape index (κ1) is 16.3. The lowest BCUT2D eigenvalue weighted by Crippen LogP contribution is -2.26. The van der Waals surface area contributed by atoms with Gasteiger partial charge >= 0.3 is 5.97 Å². The summed E-state index contributed by atoms with van der Waals surface area (Å²) in [6.45, 7) is 2.13. The van der Waals surface area contributed by atoms with Crippen molar-refractivity contribution in [1.29, 1.82) is 0 Å². The van der Waals surface area contributed by atoms with Gasteiger partial charge in [-0.3, -0.25) is 4.79 Å². The van der Waals surface area contributed by atoms with Gasteiger partial charge in [0.1, 0.15) is 5.82 Å². The predicted molar refractivity (Wildman–Crippen MR) is 96.9 cm³/mol. The van der Waals surface area contributed by atoms with Gasteiger partial charge < -0.3 is 9.64 Å². The molecule has 2 aliphatic heterocycles. The second-order valence-corrected chi connectivity index (χ2v) is 6.92. The maximum absolute atomic E-state index is 11.9. The summed E-state index contributed by atoms with van der Waals surface area (Å²) < 4.78 is 5.19. The van der Waals surface area contributed by atoms with Gasteiger partial charge in [0.2, 0.25) is 0 Å². The first-order valence-corrected chi connectivity index (χ1v) is 8.66. The summed E-state index contributed by atoms with van der Waals surface area (Å²) in [6.07, 6.45) is 3.20. The van der Waals surface area contributed by atoms with E-state index in [9.17, 15) is 4.79 Å². The van der Waals surface area contributed by atoms with E-state index in [1.165, 1.54) is 11.3 Å². The molecule has 3 heterocycles. The normalized spacial score (nSPS) is 23.8. The Morgan fingerprint density at radius 3 is 2.72 bits per heavy atom. The summed E-state index contributed by atoms with van der Waals surface area (Å²) in [7, 11) is 0. The van der Waals surface area contributed by atoms with Crippen molar-refractivity contribution in [3.8, 4) is 11.4 Å². The Morgan fingerprint density at radius 1 is 1.08 bits per heavy atom. The molecule has 2 atom stereocenters. The van der Waals surface area contributed by atoms with Crippen LogP contribution in [-0.2, 0) is 22.4 Å². The second kappa shape index (κ2) is 6.30. The first-order valence-electron chi connectivity index (χ1n) is 8.66. The minimum atomic E-state index is -0.0449. The minimum Gasteiger partial charge on any atom is -0.465 e. The fraction of sp³-hybridized carbons (Fsp3) is 0.421. The Hall–Kier alpha value is -2.14. The zero-order valence-corrected chi connectivity index (χ0v) is 14.7. The molecular weight excluding hydrogens is 338 g/mol. The van der Waals surface area contributed by atoms with Crippen molar-refractivity contribution in [2.45, 2.75) is 19.3 Å². The summed E-state index contributed by atoms with van der Waals surface area (Å²) in [5, 5.41) is 0. The molecule has 5 nitrogen and oxygen atoms in total. The maximum Gasteiger partial charge on any atom is 0.311 e. The fourth-order valence-electron chi connectivity index (χ4n) is 4.17. The Bertz CT molecular complexity index is 812. The molecule has 130 valence electrons. The van der Waals surface area contributed by atoms with Crippen LogP contribution >= 0.6 is 12.4 Å². The Morgan fingerprint density at radius 2 is 1.92 bits per heavy atom. The number of hydrogen-bond acceptors (Lipinski definition) is 5.